The van der Waals surface area contributed by atoms with Crippen LogP contribution < -0.4 is 10.5 Å². The van der Waals surface area contributed by atoms with Crippen LogP contribution in [0.5, 0.6) is 5.75 Å². The van der Waals surface area contributed by atoms with Crippen molar-refractivity contribution in [3.63, 3.8) is 0 Å². The lowest BCUT2D eigenvalue weighted by Gasteiger charge is -2.04. The van der Waals surface area contributed by atoms with Gasteiger partial charge in [0, 0.05) is 6.42 Å². The molecule has 0 spiro atoms. The first-order valence-corrected chi connectivity index (χ1v) is 6.09. The second kappa shape index (κ2) is 4.74. The van der Waals surface area contributed by atoms with E-state index in [0.29, 0.717) is 12.3 Å². The fourth-order valence-corrected chi connectivity index (χ4v) is 2.05. The van der Waals surface area contributed by atoms with Crippen LogP contribution in [0, 0.1) is 0 Å². The Morgan fingerprint density at radius 1 is 1.32 bits per heavy atom. The Morgan fingerprint density at radius 3 is 2.89 bits per heavy atom. The molecule has 1 aromatic carbocycles. The maximum atomic E-state index is 5.51. The first-order valence-electron chi connectivity index (χ1n) is 6.09. The molecular formula is C13H15N5O. The number of nitrogens with zero attached hydrogens (tertiary/aromatic N) is 3. The molecule has 0 bridgehead atoms. The molecule has 19 heavy (non-hydrogen) atoms. The van der Waals surface area contributed by atoms with E-state index in [4.69, 9.17) is 10.5 Å². The summed E-state index contributed by atoms with van der Waals surface area (Å²) in [4.78, 5) is 8.87. The van der Waals surface area contributed by atoms with Crippen LogP contribution in [0.3, 0.4) is 0 Å². The summed E-state index contributed by atoms with van der Waals surface area (Å²) in [5.41, 5.74) is 7.36. The van der Waals surface area contributed by atoms with Crippen molar-refractivity contribution in [2.24, 2.45) is 5.73 Å². The number of nitrogens with two attached hydrogens (primary N) is 1. The van der Waals surface area contributed by atoms with E-state index in [1.165, 1.54) is 0 Å². The maximum Gasteiger partial charge on any atom is 0.251 e. The number of hydrogen-bond donors (Lipinski definition) is 2. The first-order chi connectivity index (χ1) is 9.31. The van der Waals surface area contributed by atoms with Crippen molar-refractivity contribution in [3.05, 3.63) is 36.2 Å². The van der Waals surface area contributed by atoms with Crippen molar-refractivity contribution < 1.29 is 4.74 Å². The van der Waals surface area contributed by atoms with Gasteiger partial charge in [0.25, 0.3) is 5.78 Å². The van der Waals surface area contributed by atoms with Crippen molar-refractivity contribution in [3.8, 4) is 17.1 Å². The number of rotatable bonds is 4. The molecule has 0 amide bonds. The van der Waals surface area contributed by atoms with E-state index in [0.717, 1.165) is 29.3 Å². The molecule has 0 unspecified atom stereocenters. The standard InChI is InChI=1S/C13H15N5O/c1-19-11-5-3-2-4-10(11)12-16-13-15-9(6-7-14)8-18(13)17-12/h2-5,8H,6-7,14H2,1H3,(H,15,16,17). The molecule has 0 aliphatic carbocycles. The fourth-order valence-electron chi connectivity index (χ4n) is 2.05. The predicted octanol–water partition coefficient (Wildman–Crippen LogP) is 1.23. The van der Waals surface area contributed by atoms with Gasteiger partial charge >= 0.3 is 0 Å². The Balaban J connectivity index is 2.03. The molecule has 98 valence electrons. The first kappa shape index (κ1) is 11.7. The average Bonchev–Trinajstić information content (AvgIpc) is 2.97. The van der Waals surface area contributed by atoms with Crippen LogP contribution in [0.2, 0.25) is 0 Å². The van der Waals surface area contributed by atoms with Gasteiger partial charge in [0.1, 0.15) is 5.75 Å². The minimum atomic E-state index is 0.583. The third-order valence-corrected chi connectivity index (χ3v) is 2.94. The number of aromatic amines is 1. The summed E-state index contributed by atoms with van der Waals surface area (Å²) < 4.78 is 7.13. The SMILES string of the molecule is COc1ccccc1-c1nc2nc(CCN)cn2[nH]1. The number of methoxy groups -OCH3 is 1. The Kier molecular flexibility index (Phi) is 2.92. The highest BCUT2D eigenvalue weighted by molar-refractivity contribution is 5.65. The van der Waals surface area contributed by atoms with Gasteiger partial charge in [0.15, 0.2) is 5.82 Å². The van der Waals surface area contributed by atoms with Crippen LogP contribution >= 0.6 is 0 Å². The quantitative estimate of drug-likeness (QED) is 0.736. The summed E-state index contributed by atoms with van der Waals surface area (Å²) in [6, 6.07) is 7.73. The van der Waals surface area contributed by atoms with Gasteiger partial charge in [-0.1, -0.05) is 12.1 Å². The van der Waals surface area contributed by atoms with E-state index in [2.05, 4.69) is 15.1 Å². The van der Waals surface area contributed by atoms with Crippen molar-refractivity contribution in [1.29, 1.82) is 0 Å². The van der Waals surface area contributed by atoms with Gasteiger partial charge in [0.05, 0.1) is 24.6 Å². The minimum absolute atomic E-state index is 0.583. The zero-order chi connectivity index (χ0) is 13.2. The number of fused-ring (bicyclic) bond motifs is 1. The largest absolute Gasteiger partial charge is 0.496 e. The third kappa shape index (κ3) is 2.06. The van der Waals surface area contributed by atoms with Gasteiger partial charge in [-0.2, -0.15) is 4.98 Å². The van der Waals surface area contributed by atoms with Crippen molar-refractivity contribution in [2.75, 3.05) is 13.7 Å². The zero-order valence-electron chi connectivity index (χ0n) is 10.6. The number of ether oxygens (including phenoxy) is 1. The van der Waals surface area contributed by atoms with Crippen molar-refractivity contribution >= 4 is 5.78 Å². The van der Waals surface area contributed by atoms with Crippen LogP contribution in [0.4, 0.5) is 0 Å². The summed E-state index contributed by atoms with van der Waals surface area (Å²) >= 11 is 0. The van der Waals surface area contributed by atoms with Crippen LogP contribution in [-0.4, -0.2) is 33.2 Å². The minimum Gasteiger partial charge on any atom is -0.496 e. The van der Waals surface area contributed by atoms with Gasteiger partial charge in [-0.15, -0.1) is 0 Å². The molecule has 0 aliphatic heterocycles. The van der Waals surface area contributed by atoms with Crippen LogP contribution in [-0.2, 0) is 6.42 Å². The smallest absolute Gasteiger partial charge is 0.251 e. The molecule has 0 aliphatic rings. The van der Waals surface area contributed by atoms with Gasteiger partial charge in [-0.25, -0.2) is 9.50 Å². The lowest BCUT2D eigenvalue weighted by atomic mass is 10.2. The molecule has 2 heterocycles. The Morgan fingerprint density at radius 2 is 2.16 bits per heavy atom. The molecule has 6 heteroatoms. The highest BCUT2D eigenvalue weighted by atomic mass is 16.5. The molecule has 2 aromatic heterocycles. The molecular weight excluding hydrogens is 242 g/mol. The molecule has 0 saturated carbocycles. The molecule has 0 saturated heterocycles. The Bertz CT molecular complexity index is 668. The summed E-state index contributed by atoms with van der Waals surface area (Å²) in [6.45, 7) is 0.583. The van der Waals surface area contributed by atoms with Crippen LogP contribution in [0.15, 0.2) is 30.5 Å². The molecule has 3 N–H and O–H groups in total. The summed E-state index contributed by atoms with van der Waals surface area (Å²) in [5, 5.41) is 3.19. The monoisotopic (exact) mass is 257 g/mol. The highest BCUT2D eigenvalue weighted by Crippen LogP contribution is 2.27. The van der Waals surface area contributed by atoms with E-state index in [9.17, 15) is 0 Å². The lowest BCUT2D eigenvalue weighted by molar-refractivity contribution is 0.416. The number of aromatic nitrogens is 4. The molecule has 0 radical (unpaired) electrons. The third-order valence-electron chi connectivity index (χ3n) is 2.94. The second-order valence-corrected chi connectivity index (χ2v) is 4.21. The predicted molar refractivity (Wildman–Crippen MR) is 72.1 cm³/mol. The van der Waals surface area contributed by atoms with Crippen LogP contribution in [0.25, 0.3) is 17.2 Å². The van der Waals surface area contributed by atoms with E-state index in [1.54, 1.807) is 11.6 Å². The van der Waals surface area contributed by atoms with Gasteiger partial charge in [-0.3, -0.25) is 5.10 Å². The van der Waals surface area contributed by atoms with Gasteiger partial charge in [-0.05, 0) is 18.7 Å². The molecule has 0 fully saturated rings. The van der Waals surface area contributed by atoms with E-state index in [-0.39, 0.29) is 0 Å². The van der Waals surface area contributed by atoms with E-state index < -0.39 is 0 Å². The second-order valence-electron chi connectivity index (χ2n) is 4.21. The number of benzene rings is 1. The maximum absolute atomic E-state index is 5.51. The topological polar surface area (TPSA) is 81.2 Å². The van der Waals surface area contributed by atoms with E-state index in [1.807, 2.05) is 30.5 Å². The Hall–Kier alpha value is -2.34. The lowest BCUT2D eigenvalue weighted by Crippen LogP contribution is -2.02. The Labute approximate surface area is 110 Å². The number of hydrogen-bond acceptors (Lipinski definition) is 4. The number of nitrogens with one attached hydrogen (secondary N) is 1. The van der Waals surface area contributed by atoms with Crippen LogP contribution in [0.1, 0.15) is 5.69 Å². The van der Waals surface area contributed by atoms with E-state index >= 15 is 0 Å². The molecule has 3 aromatic rings. The molecule has 3 rings (SSSR count). The number of imidazole rings is 1. The summed E-state index contributed by atoms with van der Waals surface area (Å²) in [6.07, 6.45) is 2.66. The molecule has 0 atom stereocenters. The zero-order valence-corrected chi connectivity index (χ0v) is 10.6. The average molecular weight is 257 g/mol. The fraction of sp³-hybridized carbons (Fsp3) is 0.231. The van der Waals surface area contributed by atoms with Gasteiger partial charge in [0.2, 0.25) is 0 Å². The highest BCUT2D eigenvalue weighted by Gasteiger charge is 2.11. The summed E-state index contributed by atoms with van der Waals surface area (Å²) in [5.74, 6) is 2.16. The number of para-hydroxylation sites is 1. The van der Waals surface area contributed by atoms with Gasteiger partial charge < -0.3 is 10.5 Å². The number of H-pyrrole nitrogens is 1. The normalized spacial score (nSPS) is 11.1. The van der Waals surface area contributed by atoms with Crippen molar-refractivity contribution in [2.45, 2.75) is 6.42 Å². The molecule has 6 nitrogen and oxygen atoms in total. The van der Waals surface area contributed by atoms with Crippen molar-refractivity contribution in [1.82, 2.24) is 19.6 Å². The summed E-state index contributed by atoms with van der Waals surface area (Å²) in [7, 11) is 1.65.